The summed E-state index contributed by atoms with van der Waals surface area (Å²) in [5, 5.41) is 3.94. The van der Waals surface area contributed by atoms with Gasteiger partial charge >= 0.3 is 0 Å². The second-order valence-corrected chi connectivity index (χ2v) is 8.09. The van der Waals surface area contributed by atoms with Gasteiger partial charge in [-0.25, -0.2) is 0 Å². The number of carbonyl (C=O) groups excluding carboxylic acids is 2. The van der Waals surface area contributed by atoms with Gasteiger partial charge in [-0.15, -0.1) is 0 Å². The molecule has 0 unspecified atom stereocenters. The molecule has 1 saturated carbocycles. The first-order valence-corrected chi connectivity index (χ1v) is 9.20. The number of hydrogen-bond acceptors (Lipinski definition) is 5. The molecule has 1 aliphatic heterocycles. The number of likely N-dealkylation sites (tertiary alicyclic amines) is 1. The summed E-state index contributed by atoms with van der Waals surface area (Å²) in [6.45, 7) is 5.33. The molecule has 7 nitrogen and oxygen atoms in total. The third-order valence-electron chi connectivity index (χ3n) is 5.29. The second kappa shape index (κ2) is 7.14. The van der Waals surface area contributed by atoms with Crippen LogP contribution in [0.1, 0.15) is 57.7 Å². The Labute approximate surface area is 148 Å². The van der Waals surface area contributed by atoms with E-state index in [-0.39, 0.29) is 30.3 Å². The first-order valence-electron chi connectivity index (χ1n) is 9.20. The fourth-order valence-corrected chi connectivity index (χ4v) is 3.96. The fourth-order valence-electron chi connectivity index (χ4n) is 3.96. The van der Waals surface area contributed by atoms with Crippen molar-refractivity contribution in [1.82, 2.24) is 19.9 Å². The highest BCUT2D eigenvalue weighted by molar-refractivity contribution is 5.86. The van der Waals surface area contributed by atoms with E-state index in [9.17, 15) is 9.59 Å². The summed E-state index contributed by atoms with van der Waals surface area (Å²) < 4.78 is 5.22. The molecule has 2 amide bonds. The van der Waals surface area contributed by atoms with Gasteiger partial charge in [0, 0.05) is 26.4 Å². The van der Waals surface area contributed by atoms with Crippen LogP contribution >= 0.6 is 0 Å². The molecule has 138 valence electrons. The van der Waals surface area contributed by atoms with Gasteiger partial charge in [0.05, 0.1) is 13.1 Å². The van der Waals surface area contributed by atoms with Gasteiger partial charge in [-0.3, -0.25) is 9.59 Å². The highest BCUT2D eigenvalue weighted by atomic mass is 16.5. The van der Waals surface area contributed by atoms with Crippen molar-refractivity contribution in [3.63, 3.8) is 0 Å². The Hall–Kier alpha value is -1.92. The lowest BCUT2D eigenvalue weighted by molar-refractivity contribution is -0.138. The predicted octanol–water partition coefficient (Wildman–Crippen LogP) is 2.02. The van der Waals surface area contributed by atoms with Crippen molar-refractivity contribution in [2.75, 3.05) is 20.1 Å². The lowest BCUT2D eigenvalue weighted by Gasteiger charge is -2.24. The molecule has 7 heteroatoms. The quantitative estimate of drug-likeness (QED) is 0.786. The normalized spacial score (nSPS) is 19.4. The van der Waals surface area contributed by atoms with Gasteiger partial charge in [0.25, 0.3) is 0 Å². The summed E-state index contributed by atoms with van der Waals surface area (Å²) in [5.41, 5.74) is 0.133. The summed E-state index contributed by atoms with van der Waals surface area (Å²) >= 11 is 0. The van der Waals surface area contributed by atoms with Gasteiger partial charge in [-0.05, 0) is 24.2 Å². The minimum atomic E-state index is -0.0907. The summed E-state index contributed by atoms with van der Waals surface area (Å²) in [5.74, 6) is 1.58. The molecule has 1 saturated heterocycles. The average Bonchev–Trinajstić information content (AvgIpc) is 3.22. The van der Waals surface area contributed by atoms with Gasteiger partial charge in [-0.1, -0.05) is 31.8 Å². The van der Waals surface area contributed by atoms with Crippen LogP contribution < -0.4 is 0 Å². The molecule has 0 radical (unpaired) electrons. The Bertz CT molecular complexity index is 634. The number of nitrogens with zero attached hydrogens (tertiary/aromatic N) is 4. The van der Waals surface area contributed by atoms with Crippen LogP contribution in [0.3, 0.4) is 0 Å². The maximum Gasteiger partial charge on any atom is 0.246 e. The summed E-state index contributed by atoms with van der Waals surface area (Å²) in [4.78, 5) is 32.4. The van der Waals surface area contributed by atoms with Crippen LogP contribution in [0.25, 0.3) is 0 Å². The molecule has 1 aromatic rings. The zero-order chi connectivity index (χ0) is 18.0. The maximum atomic E-state index is 12.5. The van der Waals surface area contributed by atoms with Gasteiger partial charge < -0.3 is 14.3 Å². The Balaban J connectivity index is 1.52. The third kappa shape index (κ3) is 4.19. The fraction of sp³-hybridized carbons (Fsp3) is 0.778. The minimum absolute atomic E-state index is 0.0907. The average molecular weight is 348 g/mol. The van der Waals surface area contributed by atoms with Gasteiger partial charge in [0.15, 0.2) is 5.82 Å². The molecule has 2 fully saturated rings. The van der Waals surface area contributed by atoms with Crippen LogP contribution in [0.4, 0.5) is 0 Å². The second-order valence-electron chi connectivity index (χ2n) is 8.09. The Kier molecular flexibility index (Phi) is 5.11. The van der Waals surface area contributed by atoms with Crippen molar-refractivity contribution in [2.24, 2.45) is 11.3 Å². The van der Waals surface area contributed by atoms with Crippen molar-refractivity contribution < 1.29 is 14.1 Å². The summed E-state index contributed by atoms with van der Waals surface area (Å²) in [6.07, 6.45) is 5.98. The Morgan fingerprint density at radius 3 is 2.76 bits per heavy atom. The molecule has 0 N–H and O–H groups in total. The van der Waals surface area contributed by atoms with Crippen LogP contribution in [0.15, 0.2) is 4.52 Å². The summed E-state index contributed by atoms with van der Waals surface area (Å²) in [6, 6.07) is 0. The van der Waals surface area contributed by atoms with E-state index >= 15 is 0 Å². The zero-order valence-corrected chi connectivity index (χ0v) is 15.5. The first-order chi connectivity index (χ1) is 11.9. The lowest BCUT2D eigenvalue weighted by Crippen LogP contribution is -2.39. The predicted molar refractivity (Wildman–Crippen MR) is 91.4 cm³/mol. The van der Waals surface area contributed by atoms with Gasteiger partial charge in [-0.2, -0.15) is 4.98 Å². The number of carbonyl (C=O) groups is 2. The topological polar surface area (TPSA) is 79.5 Å². The summed E-state index contributed by atoms with van der Waals surface area (Å²) in [7, 11) is 1.71. The molecule has 2 heterocycles. The van der Waals surface area contributed by atoms with Gasteiger partial charge in [0.1, 0.15) is 0 Å². The number of hydrogen-bond donors (Lipinski definition) is 0. The van der Waals surface area contributed by atoms with Crippen LogP contribution in [-0.4, -0.2) is 51.9 Å². The molecule has 0 atom stereocenters. The molecule has 1 aromatic heterocycles. The minimum Gasteiger partial charge on any atom is -0.337 e. The molecule has 2 aliphatic rings. The van der Waals surface area contributed by atoms with E-state index in [2.05, 4.69) is 24.0 Å². The van der Waals surface area contributed by atoms with E-state index in [1.165, 1.54) is 12.8 Å². The molecule has 0 aromatic carbocycles. The van der Waals surface area contributed by atoms with E-state index in [0.717, 1.165) is 25.8 Å². The Morgan fingerprint density at radius 2 is 2.08 bits per heavy atom. The number of likely N-dealkylation sites (N-methyl/N-ethyl adjacent to an activating group) is 1. The molecule has 0 bridgehead atoms. The van der Waals surface area contributed by atoms with Crippen molar-refractivity contribution in [3.8, 4) is 0 Å². The van der Waals surface area contributed by atoms with E-state index in [0.29, 0.717) is 24.1 Å². The van der Waals surface area contributed by atoms with Crippen LogP contribution in [-0.2, 0) is 22.6 Å². The van der Waals surface area contributed by atoms with E-state index in [1.807, 2.05) is 0 Å². The van der Waals surface area contributed by atoms with Crippen LogP contribution in [0.2, 0.25) is 0 Å². The van der Waals surface area contributed by atoms with E-state index in [4.69, 9.17) is 4.52 Å². The zero-order valence-electron chi connectivity index (χ0n) is 15.5. The molecule has 1 aliphatic carbocycles. The smallest absolute Gasteiger partial charge is 0.246 e. The Morgan fingerprint density at radius 1 is 1.36 bits per heavy atom. The maximum absolute atomic E-state index is 12.5. The molecule has 25 heavy (non-hydrogen) atoms. The van der Waals surface area contributed by atoms with E-state index < -0.39 is 0 Å². The SMILES string of the molecule is CC(C)Cc1noc(CN(C)C(=O)CN2CC3(CCCC3)CC2=O)n1. The van der Waals surface area contributed by atoms with Crippen molar-refractivity contribution >= 4 is 11.8 Å². The first kappa shape index (κ1) is 17.9. The molecular weight excluding hydrogens is 320 g/mol. The number of rotatable bonds is 6. The highest BCUT2D eigenvalue weighted by Crippen LogP contribution is 2.45. The van der Waals surface area contributed by atoms with Crippen LogP contribution in [0, 0.1) is 11.3 Å². The highest BCUT2D eigenvalue weighted by Gasteiger charge is 2.45. The van der Waals surface area contributed by atoms with Crippen molar-refractivity contribution in [2.45, 2.75) is 58.9 Å². The van der Waals surface area contributed by atoms with Gasteiger partial charge in [0.2, 0.25) is 17.7 Å². The lowest BCUT2D eigenvalue weighted by atomic mass is 9.85. The monoisotopic (exact) mass is 348 g/mol. The third-order valence-corrected chi connectivity index (χ3v) is 5.29. The van der Waals surface area contributed by atoms with E-state index in [1.54, 1.807) is 16.8 Å². The largest absolute Gasteiger partial charge is 0.337 e. The van der Waals surface area contributed by atoms with Crippen molar-refractivity contribution in [3.05, 3.63) is 11.7 Å². The van der Waals surface area contributed by atoms with Crippen LogP contribution in [0.5, 0.6) is 0 Å². The number of aromatic nitrogens is 2. The van der Waals surface area contributed by atoms with Crippen molar-refractivity contribution in [1.29, 1.82) is 0 Å². The molecule has 1 spiro atoms. The molecular formula is C18H28N4O3. The standard InChI is InChI=1S/C18H28N4O3/c1-13(2)8-14-19-15(25-20-14)10-21(3)17(24)11-22-12-18(9-16(22)23)6-4-5-7-18/h13H,4-12H2,1-3H3. The molecule has 3 rings (SSSR count). The number of amides is 2.